The highest BCUT2D eigenvalue weighted by atomic mass is 32.2. The van der Waals surface area contributed by atoms with Gasteiger partial charge < -0.3 is 4.74 Å². The summed E-state index contributed by atoms with van der Waals surface area (Å²) in [6, 6.07) is 9.66. The van der Waals surface area contributed by atoms with Gasteiger partial charge in [0.15, 0.2) is 0 Å². The van der Waals surface area contributed by atoms with Crippen molar-refractivity contribution in [2.75, 3.05) is 19.5 Å². The van der Waals surface area contributed by atoms with Gasteiger partial charge in [-0.05, 0) is 24.3 Å². The van der Waals surface area contributed by atoms with Gasteiger partial charge in [-0.25, -0.2) is 0 Å². The lowest BCUT2D eigenvalue weighted by atomic mass is 10.2. The van der Waals surface area contributed by atoms with Crippen LogP contribution >= 0.6 is 11.8 Å². The minimum atomic E-state index is 0.705. The fourth-order valence-corrected chi connectivity index (χ4v) is 1.68. The Morgan fingerprint density at radius 2 is 2.08 bits per heavy atom. The molecule has 0 saturated heterocycles. The molecule has 0 amide bonds. The quantitative estimate of drug-likeness (QED) is 0.543. The number of rotatable bonds is 4. The minimum absolute atomic E-state index is 0.705. The highest BCUT2D eigenvalue weighted by molar-refractivity contribution is 7.99. The monoisotopic (exact) mass is 193 g/mol. The summed E-state index contributed by atoms with van der Waals surface area (Å²) in [5, 5.41) is 8.57. The van der Waals surface area contributed by atoms with Crippen molar-refractivity contribution in [3.05, 3.63) is 29.8 Å². The first-order valence-electron chi connectivity index (χ1n) is 3.98. The highest BCUT2D eigenvalue weighted by Crippen LogP contribution is 2.17. The third kappa shape index (κ3) is 3.49. The van der Waals surface area contributed by atoms with Gasteiger partial charge in [0.2, 0.25) is 0 Å². The molecule has 0 aromatic heterocycles. The van der Waals surface area contributed by atoms with Crippen LogP contribution in [0.25, 0.3) is 0 Å². The number of thioether (sulfide) groups is 1. The Balaban J connectivity index is 2.46. The molecule has 0 N–H and O–H groups in total. The lowest BCUT2D eigenvalue weighted by molar-refractivity contribution is 0.218. The molecule has 0 atom stereocenters. The van der Waals surface area contributed by atoms with Crippen molar-refractivity contribution in [2.24, 2.45) is 0 Å². The molecule has 0 aliphatic rings. The third-order valence-electron chi connectivity index (χ3n) is 1.54. The molecule has 1 rings (SSSR count). The Morgan fingerprint density at radius 1 is 1.38 bits per heavy atom. The van der Waals surface area contributed by atoms with E-state index in [-0.39, 0.29) is 0 Å². The first-order valence-corrected chi connectivity index (χ1v) is 4.97. The van der Waals surface area contributed by atoms with Gasteiger partial charge >= 0.3 is 0 Å². The van der Waals surface area contributed by atoms with E-state index in [9.17, 15) is 0 Å². The zero-order chi connectivity index (χ0) is 9.52. The maximum atomic E-state index is 8.57. The van der Waals surface area contributed by atoms with E-state index in [0.717, 1.165) is 12.4 Å². The van der Waals surface area contributed by atoms with Crippen LogP contribution in [0.4, 0.5) is 0 Å². The zero-order valence-electron chi connectivity index (χ0n) is 7.49. The van der Waals surface area contributed by atoms with Crippen molar-refractivity contribution in [3.63, 3.8) is 0 Å². The predicted octanol–water partition coefficient (Wildman–Crippen LogP) is 2.30. The smallest absolute Gasteiger partial charge is 0.0991 e. The second-order valence-corrected chi connectivity index (χ2v) is 3.65. The van der Waals surface area contributed by atoms with Gasteiger partial charge in [-0.15, -0.1) is 11.8 Å². The summed E-state index contributed by atoms with van der Waals surface area (Å²) >= 11 is 1.73. The van der Waals surface area contributed by atoms with E-state index in [1.54, 1.807) is 18.9 Å². The lowest BCUT2D eigenvalue weighted by Crippen LogP contribution is -1.90. The summed E-state index contributed by atoms with van der Waals surface area (Å²) < 4.78 is 4.94. The number of hydrogen-bond acceptors (Lipinski definition) is 3. The average molecular weight is 193 g/mol. The van der Waals surface area contributed by atoms with Gasteiger partial charge in [-0.1, -0.05) is 0 Å². The predicted molar refractivity (Wildman–Crippen MR) is 53.8 cm³/mol. The summed E-state index contributed by atoms with van der Waals surface area (Å²) in [5.74, 6) is 0.947. The van der Waals surface area contributed by atoms with Gasteiger partial charge in [0.25, 0.3) is 0 Å². The Morgan fingerprint density at radius 3 is 2.62 bits per heavy atom. The van der Waals surface area contributed by atoms with Crippen molar-refractivity contribution in [1.29, 1.82) is 5.26 Å². The molecule has 1 aromatic rings. The third-order valence-corrected chi connectivity index (χ3v) is 2.52. The fourth-order valence-electron chi connectivity index (χ4n) is 0.869. The zero-order valence-corrected chi connectivity index (χ0v) is 8.30. The summed E-state index contributed by atoms with van der Waals surface area (Å²) in [6.45, 7) is 0.755. The lowest BCUT2D eigenvalue weighted by Gasteiger charge is -1.99. The maximum absolute atomic E-state index is 8.57. The molecule has 0 unspecified atom stereocenters. The minimum Gasteiger partial charge on any atom is -0.384 e. The largest absolute Gasteiger partial charge is 0.384 e. The van der Waals surface area contributed by atoms with E-state index in [1.807, 2.05) is 24.3 Å². The number of hydrogen-bond donors (Lipinski definition) is 0. The van der Waals surface area contributed by atoms with Crippen LogP contribution in [0.15, 0.2) is 29.2 Å². The van der Waals surface area contributed by atoms with Gasteiger partial charge in [0.05, 0.1) is 18.2 Å². The molecular weight excluding hydrogens is 182 g/mol. The summed E-state index contributed by atoms with van der Waals surface area (Å²) in [4.78, 5) is 1.18. The first kappa shape index (κ1) is 10.1. The van der Waals surface area contributed by atoms with Crippen LogP contribution in [0.5, 0.6) is 0 Å². The molecule has 0 aliphatic carbocycles. The van der Waals surface area contributed by atoms with Gasteiger partial charge in [0, 0.05) is 17.8 Å². The van der Waals surface area contributed by atoms with E-state index in [0.29, 0.717) is 5.56 Å². The average Bonchev–Trinajstić information content (AvgIpc) is 2.19. The highest BCUT2D eigenvalue weighted by Gasteiger charge is 1.93. The van der Waals surface area contributed by atoms with Gasteiger partial charge in [0.1, 0.15) is 0 Å². The van der Waals surface area contributed by atoms with Crippen LogP contribution in [-0.4, -0.2) is 19.5 Å². The molecule has 0 heterocycles. The Kier molecular flexibility index (Phi) is 4.37. The van der Waals surface area contributed by atoms with E-state index >= 15 is 0 Å². The van der Waals surface area contributed by atoms with Crippen molar-refractivity contribution in [3.8, 4) is 6.07 Å². The molecule has 0 fully saturated rings. The molecule has 0 radical (unpaired) electrons. The van der Waals surface area contributed by atoms with Crippen molar-refractivity contribution >= 4 is 11.8 Å². The Labute approximate surface area is 82.5 Å². The molecule has 2 nitrogen and oxygen atoms in total. The van der Waals surface area contributed by atoms with Crippen molar-refractivity contribution in [2.45, 2.75) is 4.90 Å². The van der Waals surface area contributed by atoms with E-state index in [4.69, 9.17) is 10.00 Å². The second kappa shape index (κ2) is 5.63. The number of nitrogens with zero attached hydrogens (tertiary/aromatic N) is 1. The van der Waals surface area contributed by atoms with Crippen LogP contribution in [0.2, 0.25) is 0 Å². The molecule has 0 saturated carbocycles. The normalized spacial score (nSPS) is 9.54. The van der Waals surface area contributed by atoms with Gasteiger partial charge in [-0.3, -0.25) is 0 Å². The van der Waals surface area contributed by atoms with Crippen LogP contribution in [0.3, 0.4) is 0 Å². The summed E-state index contributed by atoms with van der Waals surface area (Å²) in [6.07, 6.45) is 0. The van der Waals surface area contributed by atoms with Crippen molar-refractivity contribution < 1.29 is 4.74 Å². The number of benzene rings is 1. The second-order valence-electron chi connectivity index (χ2n) is 2.48. The van der Waals surface area contributed by atoms with Crippen molar-refractivity contribution in [1.82, 2.24) is 0 Å². The van der Waals surface area contributed by atoms with Crippen LogP contribution in [-0.2, 0) is 4.74 Å². The molecule has 68 valence electrons. The molecular formula is C10H11NOS. The van der Waals surface area contributed by atoms with Crippen LogP contribution in [0.1, 0.15) is 5.56 Å². The molecule has 0 aliphatic heterocycles. The SMILES string of the molecule is COCCSc1ccc(C#N)cc1. The number of ether oxygens (including phenoxy) is 1. The van der Waals surface area contributed by atoms with Crippen LogP contribution < -0.4 is 0 Å². The van der Waals surface area contributed by atoms with Crippen LogP contribution in [0, 0.1) is 11.3 Å². The summed E-state index contributed by atoms with van der Waals surface area (Å²) in [7, 11) is 1.69. The summed E-state index contributed by atoms with van der Waals surface area (Å²) in [5.41, 5.74) is 0.705. The standard InChI is InChI=1S/C10H11NOS/c1-12-6-7-13-10-4-2-9(8-11)3-5-10/h2-5H,6-7H2,1H3. The Hall–Kier alpha value is -0.980. The molecule has 13 heavy (non-hydrogen) atoms. The Bertz CT molecular complexity index is 289. The molecule has 3 heteroatoms. The maximum Gasteiger partial charge on any atom is 0.0991 e. The van der Waals surface area contributed by atoms with Gasteiger partial charge in [-0.2, -0.15) is 5.26 Å². The number of nitriles is 1. The van der Waals surface area contributed by atoms with E-state index in [1.165, 1.54) is 4.90 Å². The topological polar surface area (TPSA) is 33.0 Å². The molecule has 0 bridgehead atoms. The molecule has 0 spiro atoms. The van der Waals surface area contributed by atoms with E-state index in [2.05, 4.69) is 6.07 Å². The first-order chi connectivity index (χ1) is 6.36. The number of methoxy groups -OCH3 is 1. The van der Waals surface area contributed by atoms with E-state index < -0.39 is 0 Å². The fraction of sp³-hybridized carbons (Fsp3) is 0.300. The molecule has 1 aromatic carbocycles.